The molecule has 0 bridgehead atoms. The number of para-hydroxylation sites is 1. The van der Waals surface area contributed by atoms with Crippen LogP contribution < -0.4 is 20.9 Å². The van der Waals surface area contributed by atoms with E-state index in [9.17, 15) is 13.6 Å². The molecule has 0 aromatic heterocycles. The van der Waals surface area contributed by atoms with Gasteiger partial charge in [-0.05, 0) is 36.2 Å². The van der Waals surface area contributed by atoms with Gasteiger partial charge in [0.15, 0.2) is 5.96 Å². The first-order valence-corrected chi connectivity index (χ1v) is 10.4. The van der Waals surface area contributed by atoms with E-state index in [1.54, 1.807) is 11.9 Å². The minimum Gasteiger partial charge on any atom is -0.365 e. The van der Waals surface area contributed by atoms with Crippen molar-refractivity contribution in [3.05, 3.63) is 59.7 Å². The van der Waals surface area contributed by atoms with Crippen molar-refractivity contribution in [2.45, 2.75) is 32.9 Å². The lowest BCUT2D eigenvalue weighted by Crippen LogP contribution is -2.44. The first-order chi connectivity index (χ1) is 14.9. The lowest BCUT2D eigenvalue weighted by Gasteiger charge is -2.21. The van der Waals surface area contributed by atoms with Crippen molar-refractivity contribution in [3.63, 3.8) is 0 Å². The molecule has 1 fully saturated rings. The lowest BCUT2D eigenvalue weighted by molar-refractivity contribution is -0.118. The Morgan fingerprint density at radius 3 is 2.45 bits per heavy atom. The second-order valence-electron chi connectivity index (χ2n) is 7.91. The Bertz CT molecular complexity index is 910. The third kappa shape index (κ3) is 5.93. The summed E-state index contributed by atoms with van der Waals surface area (Å²) in [6.45, 7) is 5.31. The van der Waals surface area contributed by atoms with Gasteiger partial charge in [0.2, 0.25) is 5.91 Å². The van der Waals surface area contributed by atoms with Gasteiger partial charge >= 0.3 is 0 Å². The summed E-state index contributed by atoms with van der Waals surface area (Å²) in [6.07, 6.45) is 0.749. The van der Waals surface area contributed by atoms with Crippen molar-refractivity contribution >= 4 is 23.2 Å². The average molecular weight is 430 g/mol. The summed E-state index contributed by atoms with van der Waals surface area (Å²) in [5, 5.41) is 9.44. The Morgan fingerprint density at radius 2 is 1.84 bits per heavy atom. The SMILES string of the molecule is CN=C(NCc1ccc(NC(=O)C(C)C)cc1)NC1CCN(c2c(F)cccc2F)C1. The van der Waals surface area contributed by atoms with Crippen LogP contribution in [0.25, 0.3) is 0 Å². The molecule has 2 aromatic carbocycles. The molecule has 3 N–H and O–H groups in total. The fourth-order valence-corrected chi connectivity index (χ4v) is 3.44. The number of guanidine groups is 1. The van der Waals surface area contributed by atoms with Gasteiger partial charge in [0.25, 0.3) is 0 Å². The van der Waals surface area contributed by atoms with Crippen LogP contribution in [0.3, 0.4) is 0 Å². The maximum atomic E-state index is 14.0. The monoisotopic (exact) mass is 429 g/mol. The number of rotatable bonds is 6. The van der Waals surface area contributed by atoms with Crippen molar-refractivity contribution in [1.82, 2.24) is 10.6 Å². The molecule has 1 aliphatic rings. The molecule has 6 nitrogen and oxygen atoms in total. The van der Waals surface area contributed by atoms with Gasteiger partial charge in [-0.15, -0.1) is 0 Å². The molecule has 166 valence electrons. The first kappa shape index (κ1) is 22.5. The van der Waals surface area contributed by atoms with Gasteiger partial charge in [0.05, 0.1) is 0 Å². The number of aliphatic imine (C=N–C) groups is 1. The van der Waals surface area contributed by atoms with Crippen LogP contribution in [0.2, 0.25) is 0 Å². The van der Waals surface area contributed by atoms with Gasteiger partial charge in [-0.3, -0.25) is 9.79 Å². The molecule has 1 unspecified atom stereocenters. The highest BCUT2D eigenvalue weighted by molar-refractivity contribution is 5.92. The van der Waals surface area contributed by atoms with Crippen LogP contribution in [-0.2, 0) is 11.3 Å². The van der Waals surface area contributed by atoms with Gasteiger partial charge in [0.1, 0.15) is 17.3 Å². The molecule has 0 saturated carbocycles. The second kappa shape index (κ2) is 10.2. The molecular formula is C23H29F2N5O. The van der Waals surface area contributed by atoms with Crippen LogP contribution >= 0.6 is 0 Å². The van der Waals surface area contributed by atoms with Crippen LogP contribution in [0.4, 0.5) is 20.2 Å². The molecule has 0 radical (unpaired) electrons. The lowest BCUT2D eigenvalue weighted by atomic mass is 10.1. The van der Waals surface area contributed by atoms with E-state index in [0.717, 1.165) is 17.7 Å². The topological polar surface area (TPSA) is 68.8 Å². The van der Waals surface area contributed by atoms with Crippen LogP contribution in [-0.4, -0.2) is 38.0 Å². The standard InChI is InChI=1S/C23H29F2N5O/c1-15(2)22(31)28-17-9-7-16(8-10-17)13-27-23(26-3)29-18-11-12-30(14-18)21-19(24)5-4-6-20(21)25/h4-10,15,18H,11-14H2,1-3H3,(H,28,31)(H2,26,27,29). The highest BCUT2D eigenvalue weighted by Crippen LogP contribution is 2.26. The van der Waals surface area contributed by atoms with Crippen molar-refractivity contribution in [1.29, 1.82) is 0 Å². The zero-order valence-electron chi connectivity index (χ0n) is 18.1. The maximum Gasteiger partial charge on any atom is 0.226 e. The molecule has 8 heteroatoms. The van der Waals surface area contributed by atoms with Gasteiger partial charge in [0, 0.05) is 44.3 Å². The Labute approximate surface area is 181 Å². The molecule has 1 saturated heterocycles. The molecule has 1 aliphatic heterocycles. The third-order valence-electron chi connectivity index (χ3n) is 5.21. The van der Waals surface area contributed by atoms with Crippen LogP contribution in [0, 0.1) is 17.6 Å². The number of hydrogen-bond acceptors (Lipinski definition) is 3. The summed E-state index contributed by atoms with van der Waals surface area (Å²) in [5.41, 5.74) is 1.82. The Hall–Kier alpha value is -3.16. The number of anilines is 2. The first-order valence-electron chi connectivity index (χ1n) is 10.4. The van der Waals surface area contributed by atoms with E-state index in [2.05, 4.69) is 20.9 Å². The van der Waals surface area contributed by atoms with E-state index in [1.807, 2.05) is 38.1 Å². The number of amides is 1. The highest BCUT2D eigenvalue weighted by atomic mass is 19.1. The van der Waals surface area contributed by atoms with E-state index in [4.69, 9.17) is 0 Å². The number of hydrogen-bond donors (Lipinski definition) is 3. The summed E-state index contributed by atoms with van der Waals surface area (Å²) >= 11 is 0. The molecule has 0 spiro atoms. The largest absolute Gasteiger partial charge is 0.365 e. The third-order valence-corrected chi connectivity index (χ3v) is 5.21. The Balaban J connectivity index is 1.51. The molecular weight excluding hydrogens is 400 g/mol. The van der Waals surface area contributed by atoms with Gasteiger partial charge in [-0.1, -0.05) is 32.0 Å². The molecule has 0 aliphatic carbocycles. The minimum absolute atomic E-state index is 0.0173. The van der Waals surface area contributed by atoms with Gasteiger partial charge < -0.3 is 20.9 Å². The minimum atomic E-state index is -0.545. The van der Waals surface area contributed by atoms with Crippen molar-refractivity contribution < 1.29 is 13.6 Å². The fraction of sp³-hybridized carbons (Fsp3) is 0.391. The number of benzene rings is 2. The highest BCUT2D eigenvalue weighted by Gasteiger charge is 2.27. The number of halogens is 2. The number of nitrogens with zero attached hydrogens (tertiary/aromatic N) is 2. The van der Waals surface area contributed by atoms with Crippen molar-refractivity contribution in [2.75, 3.05) is 30.4 Å². The smallest absolute Gasteiger partial charge is 0.226 e. The number of carbonyl (C=O) groups excluding carboxylic acids is 1. The Kier molecular flexibility index (Phi) is 7.44. The van der Waals surface area contributed by atoms with E-state index in [-0.39, 0.29) is 23.6 Å². The molecule has 2 aromatic rings. The Morgan fingerprint density at radius 1 is 1.16 bits per heavy atom. The van der Waals surface area contributed by atoms with Crippen LogP contribution in [0.5, 0.6) is 0 Å². The van der Waals surface area contributed by atoms with Gasteiger partial charge in [-0.2, -0.15) is 0 Å². The molecule has 1 heterocycles. The summed E-state index contributed by atoms with van der Waals surface area (Å²) in [4.78, 5) is 17.7. The maximum absolute atomic E-state index is 14.0. The van der Waals surface area contributed by atoms with Crippen LogP contribution in [0.1, 0.15) is 25.8 Å². The fourth-order valence-electron chi connectivity index (χ4n) is 3.44. The van der Waals surface area contributed by atoms with Crippen molar-refractivity contribution in [3.8, 4) is 0 Å². The molecule has 31 heavy (non-hydrogen) atoms. The van der Waals surface area contributed by atoms with E-state index in [1.165, 1.54) is 18.2 Å². The molecule has 3 rings (SSSR count). The van der Waals surface area contributed by atoms with E-state index < -0.39 is 11.6 Å². The summed E-state index contributed by atoms with van der Waals surface area (Å²) < 4.78 is 28.1. The summed E-state index contributed by atoms with van der Waals surface area (Å²) in [6, 6.07) is 11.6. The number of nitrogens with one attached hydrogen (secondary N) is 3. The van der Waals surface area contributed by atoms with Crippen molar-refractivity contribution in [2.24, 2.45) is 10.9 Å². The second-order valence-corrected chi connectivity index (χ2v) is 7.91. The normalized spacial score (nSPS) is 16.5. The summed E-state index contributed by atoms with van der Waals surface area (Å²) in [5.74, 6) is -0.557. The summed E-state index contributed by atoms with van der Waals surface area (Å²) in [7, 11) is 1.68. The predicted molar refractivity (Wildman–Crippen MR) is 120 cm³/mol. The van der Waals surface area contributed by atoms with Crippen LogP contribution in [0.15, 0.2) is 47.5 Å². The number of carbonyl (C=O) groups is 1. The van der Waals surface area contributed by atoms with Gasteiger partial charge in [-0.25, -0.2) is 8.78 Å². The van der Waals surface area contributed by atoms with E-state index >= 15 is 0 Å². The quantitative estimate of drug-likeness (QED) is 0.486. The zero-order valence-corrected chi connectivity index (χ0v) is 18.1. The average Bonchev–Trinajstić information content (AvgIpc) is 3.20. The van der Waals surface area contributed by atoms with E-state index in [0.29, 0.717) is 25.6 Å². The molecule has 1 amide bonds. The molecule has 1 atom stereocenters. The predicted octanol–water partition coefficient (Wildman–Crippen LogP) is 3.50. The zero-order chi connectivity index (χ0) is 22.4.